The van der Waals surface area contributed by atoms with Crippen molar-refractivity contribution in [1.29, 1.82) is 0 Å². The molecule has 0 atom stereocenters. The second kappa shape index (κ2) is 7.00. The van der Waals surface area contributed by atoms with E-state index >= 15 is 0 Å². The maximum Gasteiger partial charge on any atom is 0.408 e. The molecule has 3 heterocycles. The summed E-state index contributed by atoms with van der Waals surface area (Å²) in [7, 11) is 0. The first-order chi connectivity index (χ1) is 13.8. The van der Waals surface area contributed by atoms with Gasteiger partial charge in [0.05, 0.1) is 11.7 Å². The van der Waals surface area contributed by atoms with Gasteiger partial charge in [0, 0.05) is 11.6 Å². The lowest BCUT2D eigenvalue weighted by Gasteiger charge is -2.08. The van der Waals surface area contributed by atoms with Gasteiger partial charge in [0.25, 0.3) is 0 Å². The molecule has 0 aliphatic heterocycles. The molecule has 0 amide bonds. The molecule has 0 saturated heterocycles. The van der Waals surface area contributed by atoms with Gasteiger partial charge < -0.3 is 10.4 Å². The van der Waals surface area contributed by atoms with Gasteiger partial charge in [-0.2, -0.15) is 18.3 Å². The second-order valence-electron chi connectivity index (χ2n) is 6.18. The van der Waals surface area contributed by atoms with E-state index in [9.17, 15) is 18.3 Å². The average molecular weight is 401 g/mol. The summed E-state index contributed by atoms with van der Waals surface area (Å²) in [6.07, 6.45) is -1.74. The molecule has 8 nitrogen and oxygen atoms in total. The molecule has 0 spiro atoms. The van der Waals surface area contributed by atoms with E-state index in [2.05, 4.69) is 30.4 Å². The highest BCUT2D eigenvalue weighted by Gasteiger charge is 2.30. The topological polar surface area (TPSA) is 102 Å². The number of fused-ring (bicyclic) bond motifs is 1. The van der Waals surface area contributed by atoms with Gasteiger partial charge >= 0.3 is 6.18 Å². The van der Waals surface area contributed by atoms with E-state index in [1.165, 1.54) is 6.20 Å². The first kappa shape index (κ1) is 18.6. The van der Waals surface area contributed by atoms with Gasteiger partial charge in [0.15, 0.2) is 17.4 Å². The van der Waals surface area contributed by atoms with Crippen LogP contribution >= 0.6 is 0 Å². The molecule has 0 aliphatic carbocycles. The monoisotopic (exact) mass is 401 g/mol. The first-order valence-electron chi connectivity index (χ1n) is 8.45. The first-order valence-corrected chi connectivity index (χ1v) is 8.45. The number of anilines is 2. The molecular weight excluding hydrogens is 387 g/mol. The Morgan fingerprint density at radius 2 is 1.90 bits per heavy atom. The molecule has 4 rings (SSSR count). The third-order valence-electron chi connectivity index (χ3n) is 3.99. The lowest BCUT2D eigenvalue weighted by atomic mass is 10.2. The van der Waals surface area contributed by atoms with Gasteiger partial charge in [-0.3, -0.25) is 4.68 Å². The maximum absolute atomic E-state index is 12.9. The van der Waals surface area contributed by atoms with E-state index in [0.29, 0.717) is 22.5 Å². The van der Waals surface area contributed by atoms with Crippen molar-refractivity contribution in [1.82, 2.24) is 29.7 Å². The van der Waals surface area contributed by atoms with Crippen LogP contribution in [-0.4, -0.2) is 41.0 Å². The Morgan fingerprint density at radius 1 is 1.10 bits per heavy atom. The van der Waals surface area contributed by atoms with Crippen LogP contribution < -0.4 is 5.32 Å². The normalized spacial score (nSPS) is 11.7. The van der Waals surface area contributed by atoms with Crippen LogP contribution in [0.15, 0.2) is 42.7 Å². The number of para-hydroxylation sites is 1. The van der Waals surface area contributed by atoms with Crippen molar-refractivity contribution < 1.29 is 18.3 Å². The molecule has 3 aromatic heterocycles. The van der Waals surface area contributed by atoms with E-state index in [0.717, 1.165) is 10.9 Å². The van der Waals surface area contributed by atoms with Crippen LogP contribution in [0.5, 0.6) is 5.75 Å². The third-order valence-corrected chi connectivity index (χ3v) is 3.99. The fourth-order valence-corrected chi connectivity index (χ4v) is 2.81. The number of nitrogens with zero attached hydrogens (tertiary/aromatic N) is 6. The number of aryl methyl sites for hydroxylation is 1. The van der Waals surface area contributed by atoms with E-state index in [1.807, 2.05) is 0 Å². The summed E-state index contributed by atoms with van der Waals surface area (Å²) in [4.78, 5) is 16.4. The molecule has 2 N–H and O–H groups in total. The van der Waals surface area contributed by atoms with Gasteiger partial charge in [-0.1, -0.05) is 18.2 Å². The number of aromatic nitrogens is 6. The Morgan fingerprint density at radius 3 is 2.66 bits per heavy atom. The van der Waals surface area contributed by atoms with Crippen LogP contribution in [0.2, 0.25) is 0 Å². The van der Waals surface area contributed by atoms with E-state index in [-0.39, 0.29) is 23.1 Å². The standard InChI is InChI=1S/C18H14F3N7O/c1-10-22-7-6-14(24-10)25-16-13(29)8-23-17(26-16)15-11-4-2-3-5-12(11)28(27-15)9-18(19,20)21/h2-8,29H,9H2,1H3,(H,22,23,24,25,26). The predicted octanol–water partition coefficient (Wildman–Crippen LogP) is 3.60. The SMILES string of the molecule is Cc1nccc(Nc2nc(-c3nn(CC(F)(F)F)c4ccccc34)ncc2O)n1. The van der Waals surface area contributed by atoms with Gasteiger partial charge in [0.2, 0.25) is 0 Å². The zero-order valence-electron chi connectivity index (χ0n) is 15.0. The number of halogens is 3. The van der Waals surface area contributed by atoms with E-state index < -0.39 is 12.7 Å². The molecule has 0 unspecified atom stereocenters. The molecule has 0 bridgehead atoms. The zero-order chi connectivity index (χ0) is 20.6. The Bertz CT molecular complexity index is 1190. The minimum absolute atomic E-state index is 0.0440. The lowest BCUT2D eigenvalue weighted by Crippen LogP contribution is -2.18. The zero-order valence-corrected chi connectivity index (χ0v) is 15.0. The van der Waals surface area contributed by atoms with Crippen molar-refractivity contribution in [3.8, 4) is 17.3 Å². The van der Waals surface area contributed by atoms with Crippen molar-refractivity contribution in [3.05, 3.63) is 48.5 Å². The van der Waals surface area contributed by atoms with Gasteiger partial charge in [-0.05, 0) is 19.1 Å². The van der Waals surface area contributed by atoms with Crippen LogP contribution in [0.3, 0.4) is 0 Å². The van der Waals surface area contributed by atoms with Crippen LogP contribution in [0.25, 0.3) is 22.4 Å². The smallest absolute Gasteiger partial charge is 0.408 e. The molecule has 0 radical (unpaired) electrons. The molecule has 0 aliphatic rings. The number of benzene rings is 1. The average Bonchev–Trinajstić information content (AvgIpc) is 3.01. The molecule has 1 aromatic carbocycles. The number of rotatable bonds is 4. The second-order valence-corrected chi connectivity index (χ2v) is 6.18. The van der Waals surface area contributed by atoms with Crippen molar-refractivity contribution in [2.75, 3.05) is 5.32 Å². The summed E-state index contributed by atoms with van der Waals surface area (Å²) in [6.45, 7) is 0.465. The Balaban J connectivity index is 1.78. The largest absolute Gasteiger partial charge is 0.503 e. The number of hydrogen-bond donors (Lipinski definition) is 2. The fraction of sp³-hybridized carbons (Fsp3) is 0.167. The maximum atomic E-state index is 12.9. The highest BCUT2D eigenvalue weighted by atomic mass is 19.4. The van der Waals surface area contributed by atoms with Gasteiger partial charge in [-0.15, -0.1) is 0 Å². The van der Waals surface area contributed by atoms with Crippen molar-refractivity contribution in [2.24, 2.45) is 0 Å². The van der Waals surface area contributed by atoms with Crippen LogP contribution in [0, 0.1) is 6.92 Å². The minimum atomic E-state index is -4.43. The summed E-state index contributed by atoms with van der Waals surface area (Å²) in [6, 6.07) is 8.08. The van der Waals surface area contributed by atoms with Crippen LogP contribution in [0.4, 0.5) is 24.8 Å². The molecule has 11 heteroatoms. The number of hydrogen-bond acceptors (Lipinski definition) is 7. The Hall–Kier alpha value is -3.76. The van der Waals surface area contributed by atoms with E-state index in [1.54, 1.807) is 37.3 Å². The summed E-state index contributed by atoms with van der Waals surface area (Å²) < 4.78 is 39.6. The van der Waals surface area contributed by atoms with Gasteiger partial charge in [-0.25, -0.2) is 19.9 Å². The molecule has 0 saturated carbocycles. The summed E-state index contributed by atoms with van der Waals surface area (Å²) >= 11 is 0. The highest BCUT2D eigenvalue weighted by molar-refractivity contribution is 5.91. The van der Waals surface area contributed by atoms with Gasteiger partial charge in [0.1, 0.15) is 23.9 Å². The molecular formula is C18H14F3N7O. The minimum Gasteiger partial charge on any atom is -0.503 e. The summed E-state index contributed by atoms with van der Waals surface area (Å²) in [5, 5.41) is 17.5. The summed E-state index contributed by atoms with van der Waals surface area (Å²) in [5.41, 5.74) is 0.476. The van der Waals surface area contributed by atoms with Crippen molar-refractivity contribution in [3.63, 3.8) is 0 Å². The van der Waals surface area contributed by atoms with Crippen molar-refractivity contribution in [2.45, 2.75) is 19.6 Å². The molecule has 0 fully saturated rings. The highest BCUT2D eigenvalue weighted by Crippen LogP contribution is 2.31. The van der Waals surface area contributed by atoms with Crippen molar-refractivity contribution >= 4 is 22.5 Å². The Kier molecular flexibility index (Phi) is 4.49. The lowest BCUT2D eigenvalue weighted by molar-refractivity contribution is -0.141. The summed E-state index contributed by atoms with van der Waals surface area (Å²) in [5.74, 6) is 0.769. The quantitative estimate of drug-likeness (QED) is 0.539. The number of alkyl halides is 3. The molecule has 29 heavy (non-hydrogen) atoms. The van der Waals surface area contributed by atoms with E-state index in [4.69, 9.17) is 0 Å². The predicted molar refractivity (Wildman–Crippen MR) is 98.5 cm³/mol. The molecule has 4 aromatic rings. The Labute approximate surface area is 162 Å². The van der Waals surface area contributed by atoms with Crippen LogP contribution in [0.1, 0.15) is 5.82 Å². The molecule has 148 valence electrons. The number of aromatic hydroxyl groups is 1. The third kappa shape index (κ3) is 3.93. The van der Waals surface area contributed by atoms with Crippen LogP contribution in [-0.2, 0) is 6.54 Å². The number of nitrogens with one attached hydrogen (secondary N) is 1. The fourth-order valence-electron chi connectivity index (χ4n) is 2.81.